The van der Waals surface area contributed by atoms with E-state index >= 15 is 0 Å². The molecule has 25 heavy (non-hydrogen) atoms. The lowest BCUT2D eigenvalue weighted by molar-refractivity contribution is -0.139. The fourth-order valence-electron chi connectivity index (χ4n) is 2.69. The Morgan fingerprint density at radius 2 is 2.24 bits per heavy atom. The molecule has 0 bridgehead atoms. The highest BCUT2D eigenvalue weighted by molar-refractivity contribution is 5.87. The first kappa shape index (κ1) is 16.6. The Morgan fingerprint density at radius 3 is 2.92 bits per heavy atom. The van der Waals surface area contributed by atoms with Crippen molar-refractivity contribution in [3.63, 3.8) is 0 Å². The van der Waals surface area contributed by atoms with E-state index in [-0.39, 0.29) is 24.6 Å². The summed E-state index contributed by atoms with van der Waals surface area (Å²) in [5.74, 6) is 0.00925. The molecular formula is C18H16N2O5. The van der Waals surface area contributed by atoms with Crippen molar-refractivity contribution in [2.24, 2.45) is 5.92 Å². The van der Waals surface area contributed by atoms with Crippen molar-refractivity contribution in [3.05, 3.63) is 47.9 Å². The van der Waals surface area contributed by atoms with Gasteiger partial charge in [-0.3, -0.25) is 9.59 Å². The van der Waals surface area contributed by atoms with Crippen LogP contribution in [0.4, 0.5) is 0 Å². The number of amides is 1. The zero-order valence-corrected chi connectivity index (χ0v) is 13.6. The van der Waals surface area contributed by atoms with Crippen LogP contribution in [0.15, 0.2) is 41.0 Å². The SMILES string of the molecule is COc1cc(C#N)ccc1OC(=O)C1CC(=O)N(Cc2ccco2)C1. The summed E-state index contributed by atoms with van der Waals surface area (Å²) in [6, 6.07) is 10.1. The summed E-state index contributed by atoms with van der Waals surface area (Å²) >= 11 is 0. The van der Waals surface area contributed by atoms with E-state index in [1.807, 2.05) is 6.07 Å². The van der Waals surface area contributed by atoms with Gasteiger partial charge in [-0.1, -0.05) is 0 Å². The monoisotopic (exact) mass is 340 g/mol. The second kappa shape index (κ2) is 7.09. The van der Waals surface area contributed by atoms with Crippen molar-refractivity contribution in [1.29, 1.82) is 5.26 Å². The molecule has 128 valence electrons. The quantitative estimate of drug-likeness (QED) is 0.611. The Morgan fingerprint density at radius 1 is 1.40 bits per heavy atom. The molecule has 1 aliphatic rings. The van der Waals surface area contributed by atoms with Gasteiger partial charge in [0.2, 0.25) is 5.91 Å². The molecule has 0 radical (unpaired) electrons. The van der Waals surface area contributed by atoms with Crippen molar-refractivity contribution in [1.82, 2.24) is 4.90 Å². The third kappa shape index (κ3) is 3.63. The first-order valence-corrected chi connectivity index (χ1v) is 7.70. The van der Waals surface area contributed by atoms with E-state index in [0.717, 1.165) is 0 Å². The van der Waals surface area contributed by atoms with Gasteiger partial charge in [0.05, 0.1) is 37.5 Å². The number of nitrogens with zero attached hydrogens (tertiary/aromatic N) is 2. The Labute approximate surface area is 144 Å². The number of carbonyl (C=O) groups is 2. The molecular weight excluding hydrogens is 324 g/mol. The zero-order valence-electron chi connectivity index (χ0n) is 13.6. The minimum Gasteiger partial charge on any atom is -0.493 e. The molecule has 2 aromatic rings. The summed E-state index contributed by atoms with van der Waals surface area (Å²) in [7, 11) is 1.43. The van der Waals surface area contributed by atoms with Crippen LogP contribution in [-0.4, -0.2) is 30.4 Å². The molecule has 1 saturated heterocycles. The number of methoxy groups -OCH3 is 1. The van der Waals surface area contributed by atoms with Crippen LogP contribution >= 0.6 is 0 Å². The molecule has 3 rings (SSSR count). The molecule has 1 unspecified atom stereocenters. The summed E-state index contributed by atoms with van der Waals surface area (Å²) in [4.78, 5) is 26.0. The predicted octanol–water partition coefficient (Wildman–Crippen LogP) is 2.11. The first-order chi connectivity index (χ1) is 12.1. The molecule has 7 heteroatoms. The average molecular weight is 340 g/mol. The maximum atomic E-state index is 12.4. The van der Waals surface area contributed by atoms with Gasteiger partial charge in [-0.05, 0) is 24.3 Å². The van der Waals surface area contributed by atoms with Crippen LogP contribution < -0.4 is 9.47 Å². The molecule has 0 aliphatic carbocycles. The van der Waals surface area contributed by atoms with Crippen LogP contribution in [0.5, 0.6) is 11.5 Å². The van der Waals surface area contributed by atoms with E-state index in [0.29, 0.717) is 23.6 Å². The smallest absolute Gasteiger partial charge is 0.316 e. The van der Waals surface area contributed by atoms with E-state index in [1.54, 1.807) is 23.3 Å². The van der Waals surface area contributed by atoms with Crippen LogP contribution in [0.25, 0.3) is 0 Å². The minimum absolute atomic E-state index is 0.0954. The van der Waals surface area contributed by atoms with E-state index in [4.69, 9.17) is 19.2 Å². The van der Waals surface area contributed by atoms with Gasteiger partial charge in [-0.15, -0.1) is 0 Å². The van der Waals surface area contributed by atoms with Crippen molar-refractivity contribution < 1.29 is 23.5 Å². The highest BCUT2D eigenvalue weighted by atomic mass is 16.6. The molecule has 0 saturated carbocycles. The zero-order chi connectivity index (χ0) is 17.8. The van der Waals surface area contributed by atoms with Gasteiger partial charge in [0, 0.05) is 19.0 Å². The van der Waals surface area contributed by atoms with Crippen LogP contribution in [0.3, 0.4) is 0 Å². The van der Waals surface area contributed by atoms with E-state index in [2.05, 4.69) is 0 Å². The fourth-order valence-corrected chi connectivity index (χ4v) is 2.69. The lowest BCUT2D eigenvalue weighted by Gasteiger charge is -2.15. The number of likely N-dealkylation sites (tertiary alicyclic amines) is 1. The predicted molar refractivity (Wildman–Crippen MR) is 85.6 cm³/mol. The van der Waals surface area contributed by atoms with Crippen LogP contribution in [0, 0.1) is 17.2 Å². The molecule has 2 heterocycles. The third-order valence-corrected chi connectivity index (χ3v) is 3.98. The molecule has 1 aliphatic heterocycles. The minimum atomic E-state index is -0.553. The van der Waals surface area contributed by atoms with Crippen LogP contribution in [0.2, 0.25) is 0 Å². The summed E-state index contributed by atoms with van der Waals surface area (Å²) < 4.78 is 15.8. The first-order valence-electron chi connectivity index (χ1n) is 7.70. The van der Waals surface area contributed by atoms with E-state index in [1.165, 1.54) is 25.3 Å². The number of esters is 1. The molecule has 0 spiro atoms. The second-order valence-electron chi connectivity index (χ2n) is 5.65. The van der Waals surface area contributed by atoms with E-state index < -0.39 is 11.9 Å². The number of carbonyl (C=O) groups excluding carboxylic acids is 2. The Hall–Kier alpha value is -3.27. The summed E-state index contributed by atoms with van der Waals surface area (Å²) in [5.41, 5.74) is 0.400. The standard InChI is InChI=1S/C18H16N2O5/c1-23-16-7-12(9-19)4-5-15(16)25-18(22)13-8-17(21)20(10-13)11-14-3-2-6-24-14/h2-7,13H,8,10-11H2,1H3. The average Bonchev–Trinajstić information content (AvgIpc) is 3.26. The van der Waals surface area contributed by atoms with Gasteiger partial charge in [0.15, 0.2) is 11.5 Å². The molecule has 0 N–H and O–H groups in total. The number of hydrogen-bond donors (Lipinski definition) is 0. The highest BCUT2D eigenvalue weighted by Crippen LogP contribution is 2.30. The van der Waals surface area contributed by atoms with Crippen molar-refractivity contribution in [2.75, 3.05) is 13.7 Å². The molecule has 1 aromatic carbocycles. The van der Waals surface area contributed by atoms with Gasteiger partial charge in [0.1, 0.15) is 5.76 Å². The number of furan rings is 1. The molecule has 1 aromatic heterocycles. The summed E-state index contributed by atoms with van der Waals surface area (Å²) in [6.07, 6.45) is 1.64. The fraction of sp³-hybridized carbons (Fsp3) is 0.278. The second-order valence-corrected chi connectivity index (χ2v) is 5.65. The van der Waals surface area contributed by atoms with Crippen molar-refractivity contribution >= 4 is 11.9 Å². The van der Waals surface area contributed by atoms with Crippen LogP contribution in [-0.2, 0) is 16.1 Å². The maximum Gasteiger partial charge on any atom is 0.316 e. The van der Waals surface area contributed by atoms with Crippen molar-refractivity contribution in [2.45, 2.75) is 13.0 Å². The Kier molecular flexibility index (Phi) is 4.70. The molecule has 1 atom stereocenters. The topological polar surface area (TPSA) is 92.8 Å². The highest BCUT2D eigenvalue weighted by Gasteiger charge is 2.36. The lowest BCUT2D eigenvalue weighted by Crippen LogP contribution is -2.27. The number of nitriles is 1. The Bertz CT molecular complexity index is 822. The molecule has 7 nitrogen and oxygen atoms in total. The number of rotatable bonds is 5. The molecule has 1 fully saturated rings. The largest absolute Gasteiger partial charge is 0.493 e. The number of hydrogen-bond acceptors (Lipinski definition) is 6. The number of benzene rings is 1. The summed E-state index contributed by atoms with van der Waals surface area (Å²) in [5, 5.41) is 8.90. The summed E-state index contributed by atoms with van der Waals surface area (Å²) in [6.45, 7) is 0.604. The molecule has 1 amide bonds. The van der Waals surface area contributed by atoms with Gasteiger partial charge in [0.25, 0.3) is 0 Å². The third-order valence-electron chi connectivity index (χ3n) is 3.98. The van der Waals surface area contributed by atoms with Gasteiger partial charge >= 0.3 is 5.97 Å². The van der Waals surface area contributed by atoms with E-state index in [9.17, 15) is 9.59 Å². The van der Waals surface area contributed by atoms with Gasteiger partial charge in [-0.2, -0.15) is 5.26 Å². The van der Waals surface area contributed by atoms with Crippen molar-refractivity contribution in [3.8, 4) is 17.6 Å². The Balaban J connectivity index is 1.66. The van der Waals surface area contributed by atoms with Gasteiger partial charge < -0.3 is 18.8 Å². The van der Waals surface area contributed by atoms with Crippen LogP contribution in [0.1, 0.15) is 17.7 Å². The number of ether oxygens (including phenoxy) is 2. The van der Waals surface area contributed by atoms with Gasteiger partial charge in [-0.25, -0.2) is 0 Å². The maximum absolute atomic E-state index is 12.4. The lowest BCUT2D eigenvalue weighted by atomic mass is 10.1. The normalized spacial score (nSPS) is 16.6.